The first kappa shape index (κ1) is 17.7. The van der Waals surface area contributed by atoms with E-state index in [4.69, 9.17) is 4.74 Å². The Balaban J connectivity index is 1.91. The van der Waals surface area contributed by atoms with Gasteiger partial charge in [0.05, 0.1) is 13.4 Å². The molecule has 0 bridgehead atoms. The maximum absolute atomic E-state index is 12.0. The normalized spacial score (nSPS) is 18.3. The zero-order valence-corrected chi connectivity index (χ0v) is 14.9. The number of aromatic amines is 1. The molecule has 2 heterocycles. The Hall–Kier alpha value is -2.10. The van der Waals surface area contributed by atoms with Crippen molar-refractivity contribution in [3.05, 3.63) is 30.0 Å². The fourth-order valence-electron chi connectivity index (χ4n) is 3.25. The van der Waals surface area contributed by atoms with E-state index in [-0.39, 0.29) is 13.1 Å². The second kappa shape index (κ2) is 6.66. The third kappa shape index (κ3) is 3.48. The number of carboxylic acids is 1. The van der Waals surface area contributed by atoms with E-state index in [9.17, 15) is 18.3 Å². The van der Waals surface area contributed by atoms with Crippen LogP contribution in [0.4, 0.5) is 0 Å². The molecule has 0 unspecified atom stereocenters. The monoisotopic (exact) mass is 367 g/mol. The molecular formula is C16H21N3O5S. The van der Waals surface area contributed by atoms with Crippen LogP contribution in [-0.2, 0) is 14.8 Å². The molecule has 25 heavy (non-hydrogen) atoms. The highest BCUT2D eigenvalue weighted by Crippen LogP contribution is 2.31. The number of hydrogen-bond donors (Lipinski definition) is 2. The number of benzene rings is 1. The molecular weight excluding hydrogens is 346 g/mol. The van der Waals surface area contributed by atoms with E-state index in [1.165, 1.54) is 10.6 Å². The van der Waals surface area contributed by atoms with Crippen LogP contribution in [0.2, 0.25) is 0 Å². The Labute approximate surface area is 146 Å². The smallest absolute Gasteiger partial charge is 0.325 e. The number of piperazine rings is 1. The number of ether oxygens (including phenoxy) is 1. The minimum absolute atomic E-state index is 0.286. The Morgan fingerprint density at radius 1 is 1.28 bits per heavy atom. The van der Waals surface area contributed by atoms with E-state index < -0.39 is 22.0 Å². The second-order valence-corrected chi connectivity index (χ2v) is 8.08. The van der Waals surface area contributed by atoms with E-state index in [1.54, 1.807) is 18.2 Å². The van der Waals surface area contributed by atoms with Crippen LogP contribution in [-0.4, -0.2) is 73.2 Å². The predicted octanol–water partition coefficient (Wildman–Crippen LogP) is 0.879. The van der Waals surface area contributed by atoms with Crippen molar-refractivity contribution in [1.29, 1.82) is 0 Å². The first-order valence-electron chi connectivity index (χ1n) is 7.88. The lowest BCUT2D eigenvalue weighted by Gasteiger charge is -2.36. The SMILES string of the molecule is COc1ccc2[nH]cc([C@@H](C(=O)O)N3CCN(S(C)(=O)=O)CC3)c2c1. The minimum Gasteiger partial charge on any atom is -0.497 e. The number of sulfonamides is 1. The molecule has 0 saturated carbocycles. The lowest BCUT2D eigenvalue weighted by molar-refractivity contribution is -0.144. The zero-order chi connectivity index (χ0) is 18.2. The first-order valence-corrected chi connectivity index (χ1v) is 9.73. The van der Waals surface area contributed by atoms with Gasteiger partial charge in [0.2, 0.25) is 10.0 Å². The van der Waals surface area contributed by atoms with Crippen molar-refractivity contribution in [3.63, 3.8) is 0 Å². The summed E-state index contributed by atoms with van der Waals surface area (Å²) in [4.78, 5) is 16.8. The van der Waals surface area contributed by atoms with Crippen molar-refractivity contribution < 1.29 is 23.1 Å². The number of carbonyl (C=O) groups is 1. The summed E-state index contributed by atoms with van der Waals surface area (Å²) >= 11 is 0. The molecule has 136 valence electrons. The molecule has 1 aromatic heterocycles. The Kier molecular flexibility index (Phi) is 4.72. The van der Waals surface area contributed by atoms with Crippen LogP contribution >= 0.6 is 0 Å². The summed E-state index contributed by atoms with van der Waals surface area (Å²) in [5, 5.41) is 10.6. The molecule has 9 heteroatoms. The van der Waals surface area contributed by atoms with Crippen LogP contribution in [0, 0.1) is 0 Å². The van der Waals surface area contributed by atoms with Gasteiger partial charge >= 0.3 is 5.97 Å². The molecule has 0 aliphatic carbocycles. The minimum atomic E-state index is -3.26. The third-order valence-electron chi connectivity index (χ3n) is 4.56. The molecule has 2 aromatic rings. The molecule has 8 nitrogen and oxygen atoms in total. The largest absolute Gasteiger partial charge is 0.497 e. The van der Waals surface area contributed by atoms with Crippen molar-refractivity contribution in [2.75, 3.05) is 39.5 Å². The molecule has 1 aliphatic rings. The second-order valence-electron chi connectivity index (χ2n) is 6.09. The van der Waals surface area contributed by atoms with Crippen molar-refractivity contribution in [2.24, 2.45) is 0 Å². The van der Waals surface area contributed by atoms with Gasteiger partial charge in [0.1, 0.15) is 11.8 Å². The summed E-state index contributed by atoms with van der Waals surface area (Å²) in [6.07, 6.45) is 2.87. The van der Waals surface area contributed by atoms with Gasteiger partial charge in [-0.25, -0.2) is 8.42 Å². The summed E-state index contributed by atoms with van der Waals surface area (Å²) in [6, 6.07) is 4.62. The van der Waals surface area contributed by atoms with Crippen LogP contribution in [0.15, 0.2) is 24.4 Å². The Bertz CT molecular complexity index is 884. The molecule has 1 atom stereocenters. The Morgan fingerprint density at radius 2 is 1.96 bits per heavy atom. The summed E-state index contributed by atoms with van der Waals surface area (Å²) in [7, 11) is -1.69. The van der Waals surface area contributed by atoms with Gasteiger partial charge in [0.25, 0.3) is 0 Å². The third-order valence-corrected chi connectivity index (χ3v) is 5.86. The van der Waals surface area contributed by atoms with Crippen LogP contribution < -0.4 is 4.74 Å². The molecule has 2 N–H and O–H groups in total. The molecule has 1 aromatic carbocycles. The van der Waals surface area contributed by atoms with Crippen molar-refractivity contribution in [1.82, 2.24) is 14.2 Å². The number of nitrogens with one attached hydrogen (secondary N) is 1. The summed E-state index contributed by atoms with van der Waals surface area (Å²) in [6.45, 7) is 1.30. The maximum atomic E-state index is 12.0. The fourth-order valence-corrected chi connectivity index (χ4v) is 4.08. The van der Waals surface area contributed by atoms with Crippen LogP contribution in [0.25, 0.3) is 10.9 Å². The molecule has 1 saturated heterocycles. The van der Waals surface area contributed by atoms with Gasteiger partial charge in [-0.3, -0.25) is 9.69 Å². The van der Waals surface area contributed by atoms with E-state index in [2.05, 4.69) is 4.98 Å². The van der Waals surface area contributed by atoms with Crippen molar-refractivity contribution in [3.8, 4) is 5.75 Å². The van der Waals surface area contributed by atoms with Gasteiger partial charge in [0, 0.05) is 48.8 Å². The number of H-pyrrole nitrogens is 1. The van der Waals surface area contributed by atoms with Crippen LogP contribution in [0.5, 0.6) is 5.75 Å². The molecule has 1 fully saturated rings. The standard InChI is InChI=1S/C16H21N3O5S/c1-24-11-3-4-14-12(9-11)13(10-17-14)15(16(20)21)18-5-7-19(8-6-18)25(2,22)23/h3-4,9-10,15,17H,5-8H2,1-2H3,(H,20,21)/t15-/m0/s1. The number of aliphatic carboxylic acids is 1. The van der Waals surface area contributed by atoms with Gasteiger partial charge in [-0.2, -0.15) is 4.31 Å². The molecule has 0 amide bonds. The number of fused-ring (bicyclic) bond motifs is 1. The van der Waals surface area contributed by atoms with Gasteiger partial charge < -0.3 is 14.8 Å². The molecule has 0 radical (unpaired) electrons. The maximum Gasteiger partial charge on any atom is 0.325 e. The highest BCUT2D eigenvalue weighted by Gasteiger charge is 2.33. The quantitative estimate of drug-likeness (QED) is 0.813. The molecule has 0 spiro atoms. The lowest BCUT2D eigenvalue weighted by atomic mass is 10.0. The number of aromatic nitrogens is 1. The van der Waals surface area contributed by atoms with Gasteiger partial charge in [-0.15, -0.1) is 0 Å². The summed E-state index contributed by atoms with van der Waals surface area (Å²) in [5.41, 5.74) is 1.48. The van der Waals surface area contributed by atoms with Gasteiger partial charge in [0.15, 0.2) is 0 Å². The molecule has 3 rings (SSSR count). The van der Waals surface area contributed by atoms with Crippen LogP contribution in [0.3, 0.4) is 0 Å². The number of rotatable bonds is 5. The van der Waals surface area contributed by atoms with Crippen molar-refractivity contribution >= 4 is 26.9 Å². The summed E-state index contributed by atoms with van der Waals surface area (Å²) in [5.74, 6) is -0.309. The molecule has 1 aliphatic heterocycles. The summed E-state index contributed by atoms with van der Waals surface area (Å²) < 4.78 is 29.9. The van der Waals surface area contributed by atoms with Crippen molar-refractivity contribution in [2.45, 2.75) is 6.04 Å². The van der Waals surface area contributed by atoms with E-state index in [1.807, 2.05) is 18.2 Å². The number of nitrogens with zero attached hydrogens (tertiary/aromatic N) is 2. The first-order chi connectivity index (χ1) is 11.8. The Morgan fingerprint density at radius 3 is 2.52 bits per heavy atom. The number of carboxylic acid groups (broad SMARTS) is 1. The van der Waals surface area contributed by atoms with Gasteiger partial charge in [-0.05, 0) is 18.2 Å². The predicted molar refractivity (Wildman–Crippen MR) is 93.2 cm³/mol. The van der Waals surface area contributed by atoms with Gasteiger partial charge in [-0.1, -0.05) is 0 Å². The van der Waals surface area contributed by atoms with E-state index in [0.29, 0.717) is 24.4 Å². The van der Waals surface area contributed by atoms with E-state index >= 15 is 0 Å². The lowest BCUT2D eigenvalue weighted by Crippen LogP contribution is -2.50. The average molecular weight is 367 g/mol. The highest BCUT2D eigenvalue weighted by molar-refractivity contribution is 7.88. The highest BCUT2D eigenvalue weighted by atomic mass is 32.2. The average Bonchev–Trinajstić information content (AvgIpc) is 2.97. The van der Waals surface area contributed by atoms with E-state index in [0.717, 1.165) is 10.9 Å². The number of methoxy groups -OCH3 is 1. The fraction of sp³-hybridized carbons (Fsp3) is 0.438. The number of hydrogen-bond acceptors (Lipinski definition) is 5. The zero-order valence-electron chi connectivity index (χ0n) is 14.1. The topological polar surface area (TPSA) is 103 Å². The van der Waals surface area contributed by atoms with Crippen LogP contribution in [0.1, 0.15) is 11.6 Å².